The van der Waals surface area contributed by atoms with Gasteiger partial charge in [0, 0.05) is 38.4 Å². The Balaban J connectivity index is 1.54. The number of rotatable bonds is 6. The van der Waals surface area contributed by atoms with Gasteiger partial charge in [-0.2, -0.15) is 4.98 Å². The number of amides is 1. The Bertz CT molecular complexity index is 565. The minimum Gasteiger partial charge on any atom is -0.481 e. The summed E-state index contributed by atoms with van der Waals surface area (Å²) in [5, 5.41) is 0. The van der Waals surface area contributed by atoms with Crippen molar-refractivity contribution < 1.29 is 14.3 Å². The average molecular weight is 334 g/mol. The Morgan fingerprint density at radius 1 is 1.33 bits per heavy atom. The summed E-state index contributed by atoms with van der Waals surface area (Å²) in [6.07, 6.45) is 4.70. The molecule has 1 aromatic rings. The number of ether oxygens (including phenoxy) is 2. The number of anilines is 1. The maximum atomic E-state index is 12.6. The van der Waals surface area contributed by atoms with Gasteiger partial charge in [0.2, 0.25) is 11.8 Å². The van der Waals surface area contributed by atoms with Crippen LogP contribution in [0.4, 0.5) is 5.95 Å². The third-order valence-electron chi connectivity index (χ3n) is 4.54. The van der Waals surface area contributed by atoms with Crippen LogP contribution < -0.4 is 9.64 Å². The third-order valence-corrected chi connectivity index (χ3v) is 4.54. The standard InChI is InChI=1S/C17H26N4O3/c1-13(24-12-14-4-5-14)16(22)20-8-3-9-21(11-10-20)17-18-7-6-15(19-17)23-2/h6-7,13-14H,3-5,8-12H2,1-2H3/t13-/m0/s1. The fourth-order valence-electron chi connectivity index (χ4n) is 2.83. The monoisotopic (exact) mass is 334 g/mol. The molecular weight excluding hydrogens is 308 g/mol. The van der Waals surface area contributed by atoms with Gasteiger partial charge < -0.3 is 19.3 Å². The fraction of sp³-hybridized carbons (Fsp3) is 0.706. The van der Waals surface area contributed by atoms with Crippen LogP contribution in [0.2, 0.25) is 0 Å². The quantitative estimate of drug-likeness (QED) is 0.782. The van der Waals surface area contributed by atoms with Crippen LogP contribution in [0.1, 0.15) is 26.2 Å². The number of hydrogen-bond acceptors (Lipinski definition) is 6. The van der Waals surface area contributed by atoms with E-state index in [-0.39, 0.29) is 12.0 Å². The van der Waals surface area contributed by atoms with E-state index >= 15 is 0 Å². The highest BCUT2D eigenvalue weighted by Gasteiger charge is 2.27. The second-order valence-corrected chi connectivity index (χ2v) is 6.48. The second kappa shape index (κ2) is 7.79. The van der Waals surface area contributed by atoms with Crippen LogP contribution in [0.25, 0.3) is 0 Å². The zero-order valence-electron chi connectivity index (χ0n) is 14.5. The summed E-state index contributed by atoms with van der Waals surface area (Å²) < 4.78 is 10.9. The molecule has 0 spiro atoms. The Morgan fingerprint density at radius 2 is 2.17 bits per heavy atom. The summed E-state index contributed by atoms with van der Waals surface area (Å²) in [4.78, 5) is 25.3. The van der Waals surface area contributed by atoms with Crippen molar-refractivity contribution in [1.82, 2.24) is 14.9 Å². The maximum Gasteiger partial charge on any atom is 0.251 e. The van der Waals surface area contributed by atoms with Gasteiger partial charge in [0.25, 0.3) is 5.91 Å². The lowest BCUT2D eigenvalue weighted by molar-refractivity contribution is -0.142. The zero-order valence-corrected chi connectivity index (χ0v) is 14.5. The highest BCUT2D eigenvalue weighted by atomic mass is 16.5. The number of nitrogens with zero attached hydrogens (tertiary/aromatic N) is 4. The molecule has 0 radical (unpaired) electrons. The van der Waals surface area contributed by atoms with Crippen molar-refractivity contribution in [3.05, 3.63) is 12.3 Å². The van der Waals surface area contributed by atoms with Crippen LogP contribution >= 0.6 is 0 Å². The van der Waals surface area contributed by atoms with Crippen LogP contribution in [-0.4, -0.2) is 66.8 Å². The molecule has 0 bridgehead atoms. The lowest BCUT2D eigenvalue weighted by atomic mass is 10.3. The first-order valence-electron chi connectivity index (χ1n) is 8.69. The number of aromatic nitrogens is 2. The van der Waals surface area contributed by atoms with Gasteiger partial charge in [0.05, 0.1) is 13.7 Å². The van der Waals surface area contributed by atoms with Gasteiger partial charge in [-0.15, -0.1) is 0 Å². The number of carbonyl (C=O) groups excluding carboxylic acids is 1. The fourth-order valence-corrected chi connectivity index (χ4v) is 2.83. The van der Waals surface area contributed by atoms with E-state index in [1.165, 1.54) is 12.8 Å². The van der Waals surface area contributed by atoms with Crippen LogP contribution in [0.5, 0.6) is 5.88 Å². The first-order chi connectivity index (χ1) is 11.7. The van der Waals surface area contributed by atoms with Crippen molar-refractivity contribution in [2.75, 3.05) is 44.8 Å². The van der Waals surface area contributed by atoms with Gasteiger partial charge in [-0.1, -0.05) is 0 Å². The van der Waals surface area contributed by atoms with E-state index in [0.29, 0.717) is 37.4 Å². The lowest BCUT2D eigenvalue weighted by Gasteiger charge is -2.25. The average Bonchev–Trinajstić information content (AvgIpc) is 3.45. The van der Waals surface area contributed by atoms with Crippen molar-refractivity contribution in [3.63, 3.8) is 0 Å². The van der Waals surface area contributed by atoms with E-state index in [2.05, 4.69) is 14.9 Å². The molecule has 1 aliphatic heterocycles. The van der Waals surface area contributed by atoms with E-state index in [9.17, 15) is 4.79 Å². The van der Waals surface area contributed by atoms with E-state index in [1.807, 2.05) is 11.8 Å². The zero-order chi connectivity index (χ0) is 16.9. The van der Waals surface area contributed by atoms with Crippen molar-refractivity contribution in [1.29, 1.82) is 0 Å². The summed E-state index contributed by atoms with van der Waals surface area (Å²) in [5.41, 5.74) is 0. The molecule has 0 N–H and O–H groups in total. The highest BCUT2D eigenvalue weighted by Crippen LogP contribution is 2.29. The van der Waals surface area contributed by atoms with E-state index in [4.69, 9.17) is 9.47 Å². The summed E-state index contributed by atoms with van der Waals surface area (Å²) in [6, 6.07) is 1.73. The normalized spacial score (nSPS) is 19.8. The molecule has 1 atom stereocenters. The van der Waals surface area contributed by atoms with E-state index in [0.717, 1.165) is 19.5 Å². The second-order valence-electron chi connectivity index (χ2n) is 6.48. The van der Waals surface area contributed by atoms with Crippen LogP contribution in [0.3, 0.4) is 0 Å². The Labute approximate surface area is 143 Å². The largest absolute Gasteiger partial charge is 0.481 e. The van der Waals surface area contributed by atoms with Gasteiger partial charge in [-0.05, 0) is 32.1 Å². The SMILES string of the molecule is COc1ccnc(N2CCCN(C(=O)[C@H](C)OCC3CC3)CC2)n1. The molecule has 132 valence electrons. The lowest BCUT2D eigenvalue weighted by Crippen LogP contribution is -2.41. The maximum absolute atomic E-state index is 12.6. The molecule has 1 amide bonds. The molecule has 1 saturated carbocycles. The summed E-state index contributed by atoms with van der Waals surface area (Å²) >= 11 is 0. The highest BCUT2D eigenvalue weighted by molar-refractivity contribution is 5.80. The molecule has 2 fully saturated rings. The molecule has 7 heteroatoms. The first-order valence-corrected chi connectivity index (χ1v) is 8.69. The molecule has 24 heavy (non-hydrogen) atoms. The van der Waals surface area contributed by atoms with E-state index in [1.54, 1.807) is 19.4 Å². The van der Waals surface area contributed by atoms with Gasteiger partial charge in [0.15, 0.2) is 0 Å². The number of carbonyl (C=O) groups is 1. The Hall–Kier alpha value is -1.89. The molecular formula is C17H26N4O3. The van der Waals surface area contributed by atoms with Crippen molar-refractivity contribution >= 4 is 11.9 Å². The van der Waals surface area contributed by atoms with E-state index < -0.39 is 0 Å². The van der Waals surface area contributed by atoms with Crippen molar-refractivity contribution in [2.45, 2.75) is 32.3 Å². The number of methoxy groups -OCH3 is 1. The van der Waals surface area contributed by atoms with Crippen molar-refractivity contribution in [3.8, 4) is 5.88 Å². The molecule has 0 aromatic carbocycles. The van der Waals surface area contributed by atoms with Gasteiger partial charge in [0.1, 0.15) is 6.10 Å². The molecule has 0 unspecified atom stereocenters. The molecule has 7 nitrogen and oxygen atoms in total. The van der Waals surface area contributed by atoms with Gasteiger partial charge >= 0.3 is 0 Å². The van der Waals surface area contributed by atoms with Crippen LogP contribution in [-0.2, 0) is 9.53 Å². The molecule has 1 aromatic heterocycles. The summed E-state index contributed by atoms with van der Waals surface area (Å²) in [5.74, 6) is 1.97. The van der Waals surface area contributed by atoms with Gasteiger partial charge in [-0.25, -0.2) is 4.98 Å². The smallest absolute Gasteiger partial charge is 0.251 e. The predicted molar refractivity (Wildman–Crippen MR) is 90.1 cm³/mol. The minimum atomic E-state index is -0.356. The summed E-state index contributed by atoms with van der Waals surface area (Å²) in [6.45, 7) is 5.53. The minimum absolute atomic E-state index is 0.0871. The molecule has 1 saturated heterocycles. The van der Waals surface area contributed by atoms with Gasteiger partial charge in [-0.3, -0.25) is 4.79 Å². The molecule has 3 rings (SSSR count). The third kappa shape index (κ3) is 4.35. The first kappa shape index (κ1) is 17.0. The van der Waals surface area contributed by atoms with Crippen LogP contribution in [0.15, 0.2) is 12.3 Å². The van der Waals surface area contributed by atoms with Crippen molar-refractivity contribution in [2.24, 2.45) is 5.92 Å². The summed E-state index contributed by atoms with van der Waals surface area (Å²) in [7, 11) is 1.60. The Kier molecular flexibility index (Phi) is 5.50. The number of hydrogen-bond donors (Lipinski definition) is 0. The Morgan fingerprint density at radius 3 is 2.92 bits per heavy atom. The predicted octanol–water partition coefficient (Wildman–Crippen LogP) is 1.34. The van der Waals surface area contributed by atoms with Crippen LogP contribution in [0, 0.1) is 5.92 Å². The molecule has 2 aliphatic rings. The molecule has 1 aliphatic carbocycles. The molecule has 2 heterocycles. The topological polar surface area (TPSA) is 67.8 Å².